The van der Waals surface area contributed by atoms with Crippen molar-refractivity contribution >= 4 is 22.0 Å². The molecule has 6 heteroatoms. The summed E-state index contributed by atoms with van der Waals surface area (Å²) in [4.78, 5) is 13.1. The number of amides is 1. The Kier molecular flexibility index (Phi) is 4.63. The summed E-state index contributed by atoms with van der Waals surface area (Å²) in [6.07, 6.45) is -0.867. The van der Waals surface area contributed by atoms with Crippen LogP contribution in [0.25, 0.3) is 0 Å². The molecule has 1 amide bonds. The van der Waals surface area contributed by atoms with Crippen molar-refractivity contribution in [2.45, 2.75) is 25.7 Å². The summed E-state index contributed by atoms with van der Waals surface area (Å²) in [5, 5.41) is 11.7. The van der Waals surface area contributed by atoms with Gasteiger partial charge in [0.15, 0.2) is 0 Å². The van der Waals surface area contributed by atoms with Crippen molar-refractivity contribution in [3.05, 3.63) is 69.4 Å². The molecule has 0 spiro atoms. The predicted molar refractivity (Wildman–Crippen MR) is 88.4 cm³/mol. The van der Waals surface area contributed by atoms with Crippen molar-refractivity contribution < 1.29 is 14.3 Å². The molecule has 3 rings (SSSR count). The molecule has 0 bridgehead atoms. The van der Waals surface area contributed by atoms with Crippen molar-refractivity contribution in [2.24, 2.45) is 0 Å². The summed E-state index contributed by atoms with van der Waals surface area (Å²) < 4.78 is 14.3. The van der Waals surface area contributed by atoms with Crippen LogP contribution in [-0.2, 0) is 19.5 Å². The zero-order chi connectivity index (χ0) is 16.4. The van der Waals surface area contributed by atoms with Gasteiger partial charge < -0.3 is 10.4 Å². The van der Waals surface area contributed by atoms with Crippen LogP contribution in [0.1, 0.15) is 16.7 Å². The maximum absolute atomic E-state index is 13.4. The van der Waals surface area contributed by atoms with Crippen molar-refractivity contribution in [2.75, 3.05) is 0 Å². The van der Waals surface area contributed by atoms with Crippen molar-refractivity contribution in [1.82, 2.24) is 10.2 Å². The Morgan fingerprint density at radius 2 is 1.91 bits per heavy atom. The smallest absolute Gasteiger partial charge is 0.405 e. The molecule has 1 aliphatic heterocycles. The zero-order valence-corrected chi connectivity index (χ0v) is 13.9. The molecule has 0 fully saturated rings. The average Bonchev–Trinajstić information content (AvgIpc) is 2.91. The Balaban J connectivity index is 1.77. The van der Waals surface area contributed by atoms with Crippen molar-refractivity contribution in [3.63, 3.8) is 0 Å². The van der Waals surface area contributed by atoms with E-state index in [2.05, 4.69) is 21.2 Å². The highest BCUT2D eigenvalue weighted by molar-refractivity contribution is 9.10. The number of carboxylic acid groups (broad SMARTS) is 1. The van der Waals surface area contributed by atoms with Gasteiger partial charge in [-0.1, -0.05) is 34.1 Å². The van der Waals surface area contributed by atoms with E-state index in [-0.39, 0.29) is 12.0 Å². The average molecular weight is 379 g/mol. The number of hydrogen-bond donors (Lipinski definition) is 2. The van der Waals surface area contributed by atoms with Crippen LogP contribution in [0.3, 0.4) is 0 Å². The summed E-state index contributed by atoms with van der Waals surface area (Å²) >= 11 is 3.39. The summed E-state index contributed by atoms with van der Waals surface area (Å²) in [6.45, 7) is 1.14. The molecule has 2 N–H and O–H groups in total. The minimum Gasteiger partial charge on any atom is -0.465 e. The van der Waals surface area contributed by atoms with Gasteiger partial charge in [0.05, 0.1) is 6.17 Å². The van der Waals surface area contributed by atoms with E-state index in [1.807, 2.05) is 29.2 Å². The topological polar surface area (TPSA) is 52.6 Å². The minimum absolute atomic E-state index is 0.263. The lowest BCUT2D eigenvalue weighted by molar-refractivity contribution is 0.140. The molecule has 2 aromatic rings. The lowest BCUT2D eigenvalue weighted by atomic mass is 10.1. The van der Waals surface area contributed by atoms with Crippen LogP contribution >= 0.6 is 15.9 Å². The Morgan fingerprint density at radius 1 is 1.22 bits per heavy atom. The van der Waals surface area contributed by atoms with E-state index >= 15 is 0 Å². The molecular formula is C17H16BrFN2O2. The van der Waals surface area contributed by atoms with E-state index in [0.717, 1.165) is 21.2 Å². The molecule has 4 nitrogen and oxygen atoms in total. The molecule has 1 aliphatic rings. The van der Waals surface area contributed by atoms with Crippen LogP contribution in [-0.4, -0.2) is 22.3 Å². The first-order valence-corrected chi connectivity index (χ1v) is 8.06. The third-order valence-electron chi connectivity index (χ3n) is 3.99. The quantitative estimate of drug-likeness (QED) is 0.851. The summed E-state index contributed by atoms with van der Waals surface area (Å²) in [5.74, 6) is -0.263. The fraction of sp³-hybridized carbons (Fsp3) is 0.235. The van der Waals surface area contributed by atoms with Crippen LogP contribution in [0.2, 0.25) is 0 Å². The minimum atomic E-state index is -1.06. The first-order chi connectivity index (χ1) is 11.0. The third kappa shape index (κ3) is 3.89. The normalized spacial score (nSPS) is 15.2. The van der Waals surface area contributed by atoms with E-state index in [0.29, 0.717) is 19.5 Å². The number of rotatable bonds is 4. The van der Waals surface area contributed by atoms with Gasteiger partial charge in [0, 0.05) is 24.0 Å². The van der Waals surface area contributed by atoms with E-state index < -0.39 is 6.09 Å². The van der Waals surface area contributed by atoms with E-state index in [4.69, 9.17) is 5.11 Å². The number of halogens is 2. The van der Waals surface area contributed by atoms with Gasteiger partial charge in [-0.15, -0.1) is 0 Å². The van der Waals surface area contributed by atoms with Gasteiger partial charge in [0.25, 0.3) is 0 Å². The van der Waals surface area contributed by atoms with E-state index in [1.165, 1.54) is 12.1 Å². The highest BCUT2D eigenvalue weighted by atomic mass is 79.9. The third-order valence-corrected chi connectivity index (χ3v) is 4.52. The van der Waals surface area contributed by atoms with Gasteiger partial charge >= 0.3 is 6.09 Å². The van der Waals surface area contributed by atoms with Gasteiger partial charge in [0.2, 0.25) is 0 Å². The van der Waals surface area contributed by atoms with Crippen LogP contribution in [0.4, 0.5) is 9.18 Å². The maximum Gasteiger partial charge on any atom is 0.405 e. The largest absolute Gasteiger partial charge is 0.465 e. The lowest BCUT2D eigenvalue weighted by Gasteiger charge is -2.27. The second-order valence-electron chi connectivity index (χ2n) is 5.61. The Labute approximate surface area is 142 Å². The first kappa shape index (κ1) is 16.0. The molecule has 1 unspecified atom stereocenters. The molecule has 120 valence electrons. The van der Waals surface area contributed by atoms with Gasteiger partial charge in [-0.05, 0) is 41.0 Å². The molecule has 1 atom stereocenters. The van der Waals surface area contributed by atoms with Gasteiger partial charge in [-0.25, -0.2) is 9.18 Å². The number of fused-ring (bicyclic) bond motifs is 1. The molecule has 0 saturated heterocycles. The fourth-order valence-corrected chi connectivity index (χ4v) is 3.13. The molecule has 0 saturated carbocycles. The summed E-state index contributed by atoms with van der Waals surface area (Å²) in [6, 6.07) is 12.5. The maximum atomic E-state index is 13.4. The number of carbonyl (C=O) groups is 1. The van der Waals surface area contributed by atoms with Crippen LogP contribution in [0.5, 0.6) is 0 Å². The standard InChI is InChI=1S/C17H16BrFN2O2/c18-14-4-1-11(2-5-14)7-16(20-17(22)23)21-9-12-3-6-15(19)8-13(12)10-21/h1-6,8,16,20H,7,9-10H2,(H,22,23). The molecule has 2 aromatic carbocycles. The number of nitrogens with zero attached hydrogens (tertiary/aromatic N) is 1. The van der Waals surface area contributed by atoms with E-state index in [1.54, 1.807) is 6.07 Å². The molecular weight excluding hydrogens is 363 g/mol. The van der Waals surface area contributed by atoms with E-state index in [9.17, 15) is 9.18 Å². The predicted octanol–water partition coefficient (Wildman–Crippen LogP) is 3.74. The summed E-state index contributed by atoms with van der Waals surface area (Å²) in [7, 11) is 0. The molecule has 23 heavy (non-hydrogen) atoms. The SMILES string of the molecule is O=C(O)NC(Cc1ccc(Br)cc1)N1Cc2ccc(F)cc2C1. The van der Waals surface area contributed by atoms with Gasteiger partial charge in [0.1, 0.15) is 5.82 Å². The van der Waals surface area contributed by atoms with Crippen molar-refractivity contribution in [1.29, 1.82) is 0 Å². The summed E-state index contributed by atoms with van der Waals surface area (Å²) in [5.41, 5.74) is 2.99. The van der Waals surface area contributed by atoms with Gasteiger partial charge in [-0.2, -0.15) is 0 Å². The molecule has 0 radical (unpaired) electrons. The van der Waals surface area contributed by atoms with Gasteiger partial charge in [-0.3, -0.25) is 4.90 Å². The lowest BCUT2D eigenvalue weighted by Crippen LogP contribution is -2.46. The van der Waals surface area contributed by atoms with Crippen molar-refractivity contribution in [3.8, 4) is 0 Å². The number of benzene rings is 2. The molecule has 1 heterocycles. The van der Waals surface area contributed by atoms with Crippen LogP contribution in [0.15, 0.2) is 46.9 Å². The highest BCUT2D eigenvalue weighted by Crippen LogP contribution is 2.26. The Hall–Kier alpha value is -1.92. The first-order valence-electron chi connectivity index (χ1n) is 7.26. The zero-order valence-electron chi connectivity index (χ0n) is 12.3. The fourth-order valence-electron chi connectivity index (χ4n) is 2.87. The Morgan fingerprint density at radius 3 is 2.61 bits per heavy atom. The second-order valence-corrected chi connectivity index (χ2v) is 6.53. The molecule has 0 aliphatic carbocycles. The van der Waals surface area contributed by atoms with Crippen LogP contribution in [0, 0.1) is 5.82 Å². The Bertz CT molecular complexity index is 721. The highest BCUT2D eigenvalue weighted by Gasteiger charge is 2.27. The van der Waals surface area contributed by atoms with Crippen LogP contribution < -0.4 is 5.32 Å². The number of hydrogen-bond acceptors (Lipinski definition) is 2. The second kappa shape index (κ2) is 6.68. The monoisotopic (exact) mass is 378 g/mol. The number of nitrogens with one attached hydrogen (secondary N) is 1. The molecule has 0 aromatic heterocycles.